The SMILES string of the molecule is CCN(CC)Cc1cccc(CNC(=O)C2Cc3ccccc3CN2S(=O)(=O)CC)c1. The van der Waals surface area contributed by atoms with Crippen LogP contribution in [0.15, 0.2) is 48.5 Å². The molecular formula is C24H33N3O3S. The van der Waals surface area contributed by atoms with Crippen molar-refractivity contribution in [2.24, 2.45) is 0 Å². The third kappa shape index (κ3) is 5.73. The fourth-order valence-corrected chi connectivity index (χ4v) is 5.26. The Morgan fingerprint density at radius 2 is 1.71 bits per heavy atom. The first-order chi connectivity index (χ1) is 14.9. The molecule has 2 aromatic rings. The van der Waals surface area contributed by atoms with Crippen molar-refractivity contribution in [2.45, 2.75) is 52.9 Å². The van der Waals surface area contributed by atoms with E-state index in [1.54, 1.807) is 6.92 Å². The Hall–Kier alpha value is -2.22. The summed E-state index contributed by atoms with van der Waals surface area (Å²) in [5.74, 6) is -0.271. The number of hydrogen-bond donors (Lipinski definition) is 1. The van der Waals surface area contributed by atoms with E-state index in [9.17, 15) is 13.2 Å². The van der Waals surface area contributed by atoms with Crippen molar-refractivity contribution in [3.8, 4) is 0 Å². The number of amides is 1. The molecule has 168 valence electrons. The maximum Gasteiger partial charge on any atom is 0.239 e. The van der Waals surface area contributed by atoms with E-state index in [4.69, 9.17) is 0 Å². The number of sulfonamides is 1. The highest BCUT2D eigenvalue weighted by atomic mass is 32.2. The van der Waals surface area contributed by atoms with Crippen molar-refractivity contribution in [1.82, 2.24) is 14.5 Å². The van der Waals surface area contributed by atoms with E-state index < -0.39 is 16.1 Å². The molecule has 3 rings (SSSR count). The number of rotatable bonds is 9. The minimum atomic E-state index is -3.50. The summed E-state index contributed by atoms with van der Waals surface area (Å²) < 4.78 is 26.8. The lowest BCUT2D eigenvalue weighted by molar-refractivity contribution is -0.125. The maximum atomic E-state index is 13.1. The molecule has 0 aromatic heterocycles. The molecule has 1 heterocycles. The molecule has 31 heavy (non-hydrogen) atoms. The summed E-state index contributed by atoms with van der Waals surface area (Å²) in [6, 6.07) is 15.2. The number of carbonyl (C=O) groups is 1. The van der Waals surface area contributed by atoms with Crippen LogP contribution in [0.4, 0.5) is 0 Å². The second kappa shape index (κ2) is 10.4. The smallest absolute Gasteiger partial charge is 0.239 e. The van der Waals surface area contributed by atoms with Crippen LogP contribution in [0.2, 0.25) is 0 Å². The van der Waals surface area contributed by atoms with E-state index in [0.29, 0.717) is 13.0 Å². The Morgan fingerprint density at radius 1 is 1.03 bits per heavy atom. The van der Waals surface area contributed by atoms with Crippen LogP contribution in [-0.4, -0.2) is 48.4 Å². The van der Waals surface area contributed by atoms with Gasteiger partial charge in [-0.1, -0.05) is 62.4 Å². The van der Waals surface area contributed by atoms with Gasteiger partial charge >= 0.3 is 0 Å². The monoisotopic (exact) mass is 443 g/mol. The molecule has 0 saturated heterocycles. The number of hydrogen-bond acceptors (Lipinski definition) is 4. The molecule has 0 radical (unpaired) electrons. The van der Waals surface area contributed by atoms with Gasteiger partial charge in [0.15, 0.2) is 0 Å². The van der Waals surface area contributed by atoms with Crippen LogP contribution in [0.5, 0.6) is 0 Å². The van der Waals surface area contributed by atoms with Crippen molar-refractivity contribution in [3.63, 3.8) is 0 Å². The Labute approximate surface area is 186 Å². The molecule has 1 unspecified atom stereocenters. The zero-order valence-corrected chi connectivity index (χ0v) is 19.5. The quantitative estimate of drug-likeness (QED) is 0.647. The number of carbonyl (C=O) groups excluding carboxylic acids is 1. The van der Waals surface area contributed by atoms with Crippen molar-refractivity contribution < 1.29 is 13.2 Å². The van der Waals surface area contributed by atoms with Gasteiger partial charge < -0.3 is 5.32 Å². The Kier molecular flexibility index (Phi) is 7.86. The fraction of sp³-hybridized carbons (Fsp3) is 0.458. The molecule has 0 aliphatic carbocycles. The van der Waals surface area contributed by atoms with Gasteiger partial charge in [-0.15, -0.1) is 0 Å². The third-order valence-electron chi connectivity index (χ3n) is 5.99. The van der Waals surface area contributed by atoms with Crippen molar-refractivity contribution in [2.75, 3.05) is 18.8 Å². The van der Waals surface area contributed by atoms with Gasteiger partial charge in [-0.3, -0.25) is 9.69 Å². The summed E-state index contributed by atoms with van der Waals surface area (Å²) in [5, 5.41) is 2.98. The molecule has 1 N–H and O–H groups in total. The molecule has 2 aromatic carbocycles. The maximum absolute atomic E-state index is 13.1. The van der Waals surface area contributed by atoms with Crippen molar-refractivity contribution >= 4 is 15.9 Å². The summed E-state index contributed by atoms with van der Waals surface area (Å²) in [4.78, 5) is 15.4. The lowest BCUT2D eigenvalue weighted by Crippen LogP contribution is -2.52. The van der Waals surface area contributed by atoms with Gasteiger partial charge in [0.2, 0.25) is 15.9 Å². The molecule has 7 heteroatoms. The molecule has 0 bridgehead atoms. The lowest BCUT2D eigenvalue weighted by atomic mass is 9.95. The zero-order valence-electron chi connectivity index (χ0n) is 18.7. The van der Waals surface area contributed by atoms with Gasteiger partial charge in [-0.2, -0.15) is 4.31 Å². The average molecular weight is 444 g/mol. The molecule has 6 nitrogen and oxygen atoms in total. The molecule has 1 aliphatic heterocycles. The Bertz CT molecular complexity index is 1000. The van der Waals surface area contributed by atoms with E-state index >= 15 is 0 Å². The molecule has 1 amide bonds. The minimum Gasteiger partial charge on any atom is -0.351 e. The van der Waals surface area contributed by atoms with Crippen LogP contribution in [0, 0.1) is 0 Å². The second-order valence-corrected chi connectivity index (χ2v) is 10.1. The first kappa shape index (κ1) is 23.4. The largest absolute Gasteiger partial charge is 0.351 e. The first-order valence-corrected chi connectivity index (χ1v) is 12.6. The highest BCUT2D eigenvalue weighted by molar-refractivity contribution is 7.89. The highest BCUT2D eigenvalue weighted by Crippen LogP contribution is 2.26. The van der Waals surface area contributed by atoms with Crippen LogP contribution < -0.4 is 5.32 Å². The van der Waals surface area contributed by atoms with Gasteiger partial charge in [0.1, 0.15) is 6.04 Å². The minimum absolute atomic E-state index is 0.0215. The highest BCUT2D eigenvalue weighted by Gasteiger charge is 2.37. The van der Waals surface area contributed by atoms with Gasteiger partial charge in [-0.05, 0) is 48.7 Å². The van der Waals surface area contributed by atoms with Crippen molar-refractivity contribution in [1.29, 1.82) is 0 Å². The van der Waals surface area contributed by atoms with E-state index in [1.807, 2.05) is 36.4 Å². The predicted octanol–water partition coefficient (Wildman–Crippen LogP) is 2.92. The summed E-state index contributed by atoms with van der Waals surface area (Å²) in [6.45, 7) is 9.37. The lowest BCUT2D eigenvalue weighted by Gasteiger charge is -2.34. The Morgan fingerprint density at radius 3 is 2.39 bits per heavy atom. The number of fused-ring (bicyclic) bond motifs is 1. The predicted molar refractivity (Wildman–Crippen MR) is 124 cm³/mol. The molecule has 0 spiro atoms. The molecule has 0 fully saturated rings. The molecule has 1 atom stereocenters. The summed E-state index contributed by atoms with van der Waals surface area (Å²) in [6.07, 6.45) is 0.392. The summed E-state index contributed by atoms with van der Waals surface area (Å²) in [5.41, 5.74) is 4.22. The van der Waals surface area contributed by atoms with E-state index in [1.165, 1.54) is 9.87 Å². The molecule has 1 aliphatic rings. The summed E-state index contributed by atoms with van der Waals surface area (Å²) in [7, 11) is -3.50. The van der Waals surface area contributed by atoms with E-state index in [0.717, 1.165) is 36.3 Å². The first-order valence-electron chi connectivity index (χ1n) is 11.0. The van der Waals surface area contributed by atoms with Crippen molar-refractivity contribution in [3.05, 3.63) is 70.8 Å². The normalized spacial score (nSPS) is 16.8. The van der Waals surface area contributed by atoms with Crippen LogP contribution in [0.25, 0.3) is 0 Å². The van der Waals surface area contributed by atoms with Gasteiger partial charge in [-0.25, -0.2) is 8.42 Å². The summed E-state index contributed by atoms with van der Waals surface area (Å²) >= 11 is 0. The number of nitrogens with one attached hydrogen (secondary N) is 1. The fourth-order valence-electron chi connectivity index (χ4n) is 4.03. The standard InChI is InChI=1S/C24H33N3O3S/c1-4-26(5-2)17-20-11-9-10-19(14-20)16-25-24(28)23-15-21-12-7-8-13-22(21)18-27(23)31(29,30)6-3/h7-14,23H,4-6,15-18H2,1-3H3,(H,25,28). The zero-order chi connectivity index (χ0) is 22.4. The second-order valence-electron chi connectivity index (χ2n) is 7.93. The molecule has 0 saturated carbocycles. The van der Waals surface area contributed by atoms with Gasteiger partial charge in [0.05, 0.1) is 5.75 Å². The van der Waals surface area contributed by atoms with Crippen LogP contribution in [-0.2, 0) is 40.9 Å². The van der Waals surface area contributed by atoms with Gasteiger partial charge in [0.25, 0.3) is 0 Å². The van der Waals surface area contributed by atoms with Crippen LogP contribution in [0.3, 0.4) is 0 Å². The van der Waals surface area contributed by atoms with Crippen LogP contribution in [0.1, 0.15) is 43.0 Å². The topological polar surface area (TPSA) is 69.7 Å². The number of nitrogens with zero attached hydrogens (tertiary/aromatic N) is 2. The van der Waals surface area contributed by atoms with Crippen LogP contribution >= 0.6 is 0 Å². The van der Waals surface area contributed by atoms with E-state index in [2.05, 4.69) is 36.2 Å². The van der Waals surface area contributed by atoms with E-state index in [-0.39, 0.29) is 18.2 Å². The Balaban J connectivity index is 1.73. The van der Waals surface area contributed by atoms with Gasteiger partial charge in [0, 0.05) is 19.6 Å². The molecular weight excluding hydrogens is 410 g/mol. The third-order valence-corrected chi connectivity index (χ3v) is 7.82. The number of benzene rings is 2. The average Bonchev–Trinajstić information content (AvgIpc) is 2.80.